The van der Waals surface area contributed by atoms with Gasteiger partial charge in [0.1, 0.15) is 17.5 Å². The van der Waals surface area contributed by atoms with Crippen molar-refractivity contribution in [2.24, 2.45) is 0 Å². The summed E-state index contributed by atoms with van der Waals surface area (Å²) in [5.41, 5.74) is -0.289. The Balaban J connectivity index is 1.92. The first-order valence-corrected chi connectivity index (χ1v) is 8.47. The van der Waals surface area contributed by atoms with E-state index in [1.54, 1.807) is 22.5 Å². The van der Waals surface area contributed by atoms with Gasteiger partial charge in [0, 0.05) is 25.1 Å². The zero-order chi connectivity index (χ0) is 15.1. The average Bonchev–Trinajstić information content (AvgIpc) is 2.94. The molecule has 2 rings (SSSR count). The molecule has 0 aliphatic carbocycles. The summed E-state index contributed by atoms with van der Waals surface area (Å²) < 4.78 is 12.9. The van der Waals surface area contributed by atoms with E-state index < -0.39 is 0 Å². The Labute approximate surface area is 129 Å². The minimum atomic E-state index is -0.281. The lowest BCUT2D eigenvalue weighted by molar-refractivity contribution is -0.0245. The van der Waals surface area contributed by atoms with Gasteiger partial charge in [0.05, 0.1) is 6.61 Å². The van der Waals surface area contributed by atoms with E-state index in [-0.39, 0.29) is 17.4 Å². The van der Waals surface area contributed by atoms with E-state index in [1.807, 2.05) is 6.07 Å². The molecular weight excluding hydrogens is 290 g/mol. The van der Waals surface area contributed by atoms with Crippen molar-refractivity contribution >= 4 is 17.6 Å². The van der Waals surface area contributed by atoms with Crippen molar-refractivity contribution in [1.82, 2.24) is 9.55 Å². The van der Waals surface area contributed by atoms with E-state index in [0.29, 0.717) is 12.4 Å². The zero-order valence-corrected chi connectivity index (χ0v) is 13.4. The Kier molecular flexibility index (Phi) is 6.53. The summed E-state index contributed by atoms with van der Waals surface area (Å²) in [6.07, 6.45) is 3.47. The van der Waals surface area contributed by atoms with E-state index >= 15 is 0 Å². The van der Waals surface area contributed by atoms with Crippen LogP contribution in [0.2, 0.25) is 0 Å². The molecule has 7 heteroatoms. The lowest BCUT2D eigenvalue weighted by Gasteiger charge is -2.15. The van der Waals surface area contributed by atoms with Crippen LogP contribution >= 0.6 is 11.8 Å². The van der Waals surface area contributed by atoms with Gasteiger partial charge < -0.3 is 14.8 Å². The maximum Gasteiger partial charge on any atom is 0.351 e. The lowest BCUT2D eigenvalue weighted by atomic mass is 10.4. The molecule has 0 radical (unpaired) electrons. The van der Waals surface area contributed by atoms with Crippen LogP contribution in [0, 0.1) is 0 Å². The highest BCUT2D eigenvalue weighted by molar-refractivity contribution is 8.00. The average molecular weight is 313 g/mol. The summed E-state index contributed by atoms with van der Waals surface area (Å²) >= 11 is 1.67. The molecule has 0 saturated carbocycles. The van der Waals surface area contributed by atoms with Gasteiger partial charge in [-0.2, -0.15) is 4.98 Å². The van der Waals surface area contributed by atoms with Gasteiger partial charge in [-0.1, -0.05) is 13.8 Å². The Hall–Kier alpha value is -1.05. The van der Waals surface area contributed by atoms with Crippen LogP contribution in [0.5, 0.6) is 0 Å². The molecule has 1 aliphatic heterocycles. The third-order valence-corrected chi connectivity index (χ3v) is 4.13. The summed E-state index contributed by atoms with van der Waals surface area (Å²) in [7, 11) is 0. The monoisotopic (exact) mass is 313 g/mol. The molecule has 0 aromatic carbocycles. The first-order valence-electron chi connectivity index (χ1n) is 7.42. The summed E-state index contributed by atoms with van der Waals surface area (Å²) in [5, 5.41) is 3.11. The van der Waals surface area contributed by atoms with E-state index in [0.717, 1.165) is 31.7 Å². The van der Waals surface area contributed by atoms with Crippen LogP contribution in [0.4, 0.5) is 5.82 Å². The van der Waals surface area contributed by atoms with E-state index in [4.69, 9.17) is 9.47 Å². The Bertz CT molecular complexity index is 495. The fraction of sp³-hybridized carbons (Fsp3) is 0.714. The highest BCUT2D eigenvalue weighted by atomic mass is 32.2. The van der Waals surface area contributed by atoms with Crippen LogP contribution in [0.25, 0.3) is 0 Å². The Morgan fingerprint density at radius 2 is 2.38 bits per heavy atom. The van der Waals surface area contributed by atoms with E-state index in [2.05, 4.69) is 24.1 Å². The lowest BCUT2D eigenvalue weighted by Crippen LogP contribution is -2.29. The maximum atomic E-state index is 12.0. The SMILES string of the molecule is CCCNc1ccn([C@H]2CS[C@@H](COCCC)O2)c(=O)n1. The number of aromatic nitrogens is 2. The van der Waals surface area contributed by atoms with Gasteiger partial charge in [-0.25, -0.2) is 4.79 Å². The molecule has 118 valence electrons. The highest BCUT2D eigenvalue weighted by Crippen LogP contribution is 2.31. The second kappa shape index (κ2) is 8.41. The van der Waals surface area contributed by atoms with Gasteiger partial charge in [-0.3, -0.25) is 4.57 Å². The largest absolute Gasteiger partial charge is 0.378 e. The van der Waals surface area contributed by atoms with Crippen molar-refractivity contribution < 1.29 is 9.47 Å². The molecule has 0 unspecified atom stereocenters. The first kappa shape index (κ1) is 16.3. The number of anilines is 1. The molecule has 1 aromatic heterocycles. The molecular formula is C14H23N3O3S. The van der Waals surface area contributed by atoms with Gasteiger partial charge in [0.25, 0.3) is 0 Å². The van der Waals surface area contributed by atoms with Crippen molar-refractivity contribution in [3.05, 3.63) is 22.7 Å². The second-order valence-electron chi connectivity index (χ2n) is 4.86. The molecule has 1 fully saturated rings. The summed E-state index contributed by atoms with van der Waals surface area (Å²) in [5.74, 6) is 1.36. The third-order valence-electron chi connectivity index (χ3n) is 3.03. The van der Waals surface area contributed by atoms with Crippen LogP contribution < -0.4 is 11.0 Å². The van der Waals surface area contributed by atoms with Crippen molar-refractivity contribution in [3.63, 3.8) is 0 Å². The van der Waals surface area contributed by atoms with Crippen LogP contribution in [0.1, 0.15) is 32.9 Å². The molecule has 1 saturated heterocycles. The van der Waals surface area contributed by atoms with Crippen molar-refractivity contribution in [2.75, 3.05) is 30.8 Å². The topological polar surface area (TPSA) is 65.4 Å². The number of rotatable bonds is 8. The Morgan fingerprint density at radius 3 is 3.10 bits per heavy atom. The smallest absolute Gasteiger partial charge is 0.351 e. The zero-order valence-electron chi connectivity index (χ0n) is 12.6. The standard InChI is InChI=1S/C14H23N3O3S/c1-3-6-15-11-5-7-17(14(18)16-11)12-10-21-13(20-12)9-19-8-4-2/h5,7,12-13H,3-4,6,8-10H2,1-2H3,(H,15,16,18)/t12-,13+/m1/s1. The number of thioether (sulfide) groups is 1. The van der Waals surface area contributed by atoms with Gasteiger partial charge in [-0.15, -0.1) is 11.8 Å². The fourth-order valence-electron chi connectivity index (χ4n) is 1.98. The summed E-state index contributed by atoms with van der Waals surface area (Å²) in [6, 6.07) is 1.81. The fourth-order valence-corrected chi connectivity index (χ4v) is 3.00. The maximum absolute atomic E-state index is 12.0. The molecule has 1 N–H and O–H groups in total. The first-order chi connectivity index (χ1) is 10.2. The van der Waals surface area contributed by atoms with Crippen LogP contribution in [-0.4, -0.2) is 40.5 Å². The summed E-state index contributed by atoms with van der Waals surface area (Å²) in [4.78, 5) is 16.1. The van der Waals surface area contributed by atoms with Crippen molar-refractivity contribution in [3.8, 4) is 0 Å². The van der Waals surface area contributed by atoms with E-state index in [9.17, 15) is 4.79 Å². The normalized spacial score (nSPS) is 21.6. The minimum Gasteiger partial charge on any atom is -0.378 e. The third kappa shape index (κ3) is 4.72. The number of ether oxygens (including phenoxy) is 2. The van der Waals surface area contributed by atoms with Crippen LogP contribution in [0.3, 0.4) is 0 Å². The number of nitrogens with one attached hydrogen (secondary N) is 1. The quantitative estimate of drug-likeness (QED) is 0.741. The number of hydrogen-bond acceptors (Lipinski definition) is 6. The van der Waals surface area contributed by atoms with Gasteiger partial charge in [0.15, 0.2) is 0 Å². The van der Waals surface area contributed by atoms with Gasteiger partial charge in [0.2, 0.25) is 0 Å². The van der Waals surface area contributed by atoms with E-state index in [1.165, 1.54) is 0 Å². The molecule has 1 aromatic rings. The predicted octanol–water partition coefficient (Wildman–Crippen LogP) is 2.08. The Morgan fingerprint density at radius 1 is 1.52 bits per heavy atom. The molecule has 2 heterocycles. The van der Waals surface area contributed by atoms with Crippen molar-refractivity contribution in [2.45, 2.75) is 38.4 Å². The summed E-state index contributed by atoms with van der Waals surface area (Å²) in [6.45, 7) is 6.25. The molecule has 0 spiro atoms. The molecule has 1 aliphatic rings. The number of hydrogen-bond donors (Lipinski definition) is 1. The van der Waals surface area contributed by atoms with Crippen molar-refractivity contribution in [1.29, 1.82) is 0 Å². The molecule has 0 amide bonds. The minimum absolute atomic E-state index is 0.00802. The number of nitrogens with zero attached hydrogens (tertiary/aromatic N) is 2. The molecule has 0 bridgehead atoms. The van der Waals surface area contributed by atoms with Crippen LogP contribution in [0.15, 0.2) is 17.1 Å². The predicted molar refractivity (Wildman–Crippen MR) is 84.8 cm³/mol. The van der Waals surface area contributed by atoms with Gasteiger partial charge in [-0.05, 0) is 18.9 Å². The van der Waals surface area contributed by atoms with Gasteiger partial charge >= 0.3 is 5.69 Å². The molecule has 2 atom stereocenters. The molecule has 21 heavy (non-hydrogen) atoms. The second-order valence-corrected chi connectivity index (χ2v) is 6.05. The molecule has 6 nitrogen and oxygen atoms in total. The highest BCUT2D eigenvalue weighted by Gasteiger charge is 2.28. The van der Waals surface area contributed by atoms with Crippen LogP contribution in [-0.2, 0) is 9.47 Å².